The number of benzene rings is 1. The number of hydrogen-bond acceptors (Lipinski definition) is 4. The minimum absolute atomic E-state index is 0. The van der Waals surface area contributed by atoms with Crippen LogP contribution in [-0.2, 0) is 10.9 Å². The van der Waals surface area contributed by atoms with Crippen LogP contribution in [0.25, 0.3) is 0 Å². The molecule has 1 atom stereocenters. The van der Waals surface area contributed by atoms with E-state index < -0.39 is 23.4 Å². The number of aliphatic hydroxyl groups excluding tert-OH is 1. The third-order valence-electron chi connectivity index (χ3n) is 5.86. The summed E-state index contributed by atoms with van der Waals surface area (Å²) in [5, 5.41) is 10.4. The van der Waals surface area contributed by atoms with Gasteiger partial charge in [0.1, 0.15) is 5.60 Å². The number of terminal acetylenes is 1. The monoisotopic (exact) mass is 482 g/mol. The summed E-state index contributed by atoms with van der Waals surface area (Å²) < 4.78 is 44.7. The maximum absolute atomic E-state index is 12.9. The highest BCUT2D eigenvalue weighted by atomic mass is 35.5. The average Bonchev–Trinajstić information content (AvgIpc) is 2.73. The van der Waals surface area contributed by atoms with Crippen LogP contribution in [0.1, 0.15) is 37.7 Å². The third kappa shape index (κ3) is 7.73. The van der Waals surface area contributed by atoms with E-state index in [-0.39, 0.29) is 31.4 Å². The number of piperazine rings is 1. The largest absolute Gasteiger partial charge is 0.416 e. The van der Waals surface area contributed by atoms with Crippen LogP contribution in [-0.4, -0.2) is 61.0 Å². The molecule has 9 heteroatoms. The quantitative estimate of drug-likeness (QED) is 0.610. The lowest BCUT2D eigenvalue weighted by Gasteiger charge is -2.38. The molecule has 1 N–H and O–H groups in total. The summed E-state index contributed by atoms with van der Waals surface area (Å²) in [4.78, 5) is 4.06. The van der Waals surface area contributed by atoms with Crippen molar-refractivity contribution in [3.63, 3.8) is 0 Å². The van der Waals surface area contributed by atoms with Crippen molar-refractivity contribution in [3.05, 3.63) is 29.8 Å². The van der Waals surface area contributed by atoms with Gasteiger partial charge in [-0.25, -0.2) is 0 Å². The molecule has 1 aliphatic heterocycles. The molecule has 3 rings (SSSR count). The summed E-state index contributed by atoms with van der Waals surface area (Å²) in [5.41, 5.74) is -0.590. The second-order valence-electron chi connectivity index (χ2n) is 8.00. The Morgan fingerprint density at radius 3 is 2.32 bits per heavy atom. The number of hydrogen-bond donors (Lipinski definition) is 1. The van der Waals surface area contributed by atoms with Crippen LogP contribution in [0.3, 0.4) is 0 Å². The van der Waals surface area contributed by atoms with Crippen molar-refractivity contribution in [1.82, 2.24) is 4.90 Å². The Labute approximate surface area is 194 Å². The predicted octanol–water partition coefficient (Wildman–Crippen LogP) is 4.38. The number of anilines is 1. The van der Waals surface area contributed by atoms with E-state index in [1.165, 1.54) is 18.6 Å². The zero-order chi connectivity index (χ0) is 20.9. The highest BCUT2D eigenvalue weighted by Gasteiger charge is 2.32. The van der Waals surface area contributed by atoms with Crippen LogP contribution in [0.4, 0.5) is 18.9 Å². The van der Waals surface area contributed by atoms with Crippen LogP contribution in [0, 0.1) is 12.3 Å². The summed E-state index contributed by atoms with van der Waals surface area (Å²) in [5.74, 6) is 2.78. The van der Waals surface area contributed by atoms with Crippen molar-refractivity contribution >= 4 is 30.5 Å². The zero-order valence-corrected chi connectivity index (χ0v) is 19.1. The molecule has 1 aliphatic carbocycles. The Hall–Kier alpha value is -1.17. The van der Waals surface area contributed by atoms with Gasteiger partial charge in [0, 0.05) is 38.4 Å². The molecule has 1 saturated carbocycles. The van der Waals surface area contributed by atoms with Gasteiger partial charge < -0.3 is 14.7 Å². The van der Waals surface area contributed by atoms with E-state index in [1.807, 2.05) is 4.90 Å². The van der Waals surface area contributed by atoms with Gasteiger partial charge in [-0.3, -0.25) is 4.90 Å². The second kappa shape index (κ2) is 12.2. The molecule has 0 aromatic heterocycles. The van der Waals surface area contributed by atoms with E-state index in [0.29, 0.717) is 38.4 Å². The Morgan fingerprint density at radius 2 is 1.74 bits per heavy atom. The van der Waals surface area contributed by atoms with E-state index in [0.717, 1.165) is 31.7 Å². The normalized spacial score (nSPS) is 20.2. The first kappa shape index (κ1) is 27.9. The van der Waals surface area contributed by atoms with Gasteiger partial charge in [-0.1, -0.05) is 18.4 Å². The van der Waals surface area contributed by atoms with Crippen LogP contribution >= 0.6 is 24.8 Å². The summed E-state index contributed by atoms with van der Waals surface area (Å²) >= 11 is 0. The molecular formula is C22H31Cl2F3N2O2. The summed E-state index contributed by atoms with van der Waals surface area (Å²) in [6, 6.07) is 5.43. The highest BCUT2D eigenvalue weighted by molar-refractivity contribution is 5.85. The second-order valence-corrected chi connectivity index (χ2v) is 8.00. The molecular weight excluding hydrogens is 452 g/mol. The number of halogens is 5. The summed E-state index contributed by atoms with van der Waals surface area (Å²) in [6.45, 7) is 3.25. The molecule has 31 heavy (non-hydrogen) atoms. The minimum atomic E-state index is -4.34. The zero-order valence-electron chi connectivity index (χ0n) is 17.4. The smallest absolute Gasteiger partial charge is 0.389 e. The molecule has 1 aromatic carbocycles. The topological polar surface area (TPSA) is 35.9 Å². The summed E-state index contributed by atoms with van der Waals surface area (Å²) in [7, 11) is 0. The van der Waals surface area contributed by atoms with Crippen molar-refractivity contribution < 1.29 is 23.0 Å². The lowest BCUT2D eigenvalue weighted by Crippen LogP contribution is -2.49. The molecule has 176 valence electrons. The van der Waals surface area contributed by atoms with Gasteiger partial charge in [0.25, 0.3) is 0 Å². The molecule has 2 fully saturated rings. The van der Waals surface area contributed by atoms with Crippen molar-refractivity contribution in [2.45, 2.75) is 50.0 Å². The van der Waals surface area contributed by atoms with Crippen LogP contribution in [0.5, 0.6) is 0 Å². The van der Waals surface area contributed by atoms with Gasteiger partial charge in [0.2, 0.25) is 0 Å². The van der Waals surface area contributed by atoms with Crippen molar-refractivity contribution in [2.24, 2.45) is 0 Å². The maximum Gasteiger partial charge on any atom is 0.416 e. The Morgan fingerprint density at radius 1 is 1.10 bits per heavy atom. The standard InChI is InChI=1S/C22H29F3N2O2.2ClH/c1-2-21(9-4-3-5-10-21)29-17-20(28)16-26-11-13-27(14-12-26)19-8-6-7-18(15-19)22(23,24)25;;/h1,6-8,15,20,28H,3-5,9-14,16-17H2;2*1H. The van der Waals surface area contributed by atoms with E-state index in [2.05, 4.69) is 10.8 Å². The minimum Gasteiger partial charge on any atom is -0.389 e. The van der Waals surface area contributed by atoms with Crippen LogP contribution in [0.2, 0.25) is 0 Å². The average molecular weight is 483 g/mol. The lowest BCUT2D eigenvalue weighted by atomic mass is 9.85. The van der Waals surface area contributed by atoms with Crippen molar-refractivity contribution in [2.75, 3.05) is 44.2 Å². The first-order valence-electron chi connectivity index (χ1n) is 10.3. The number of aliphatic hydroxyl groups is 1. The van der Waals surface area contributed by atoms with E-state index >= 15 is 0 Å². The molecule has 1 saturated heterocycles. The molecule has 4 nitrogen and oxygen atoms in total. The van der Waals surface area contributed by atoms with Crippen molar-refractivity contribution in [1.29, 1.82) is 0 Å². The van der Waals surface area contributed by atoms with E-state index in [9.17, 15) is 18.3 Å². The molecule has 0 amide bonds. The Balaban J connectivity index is 0.00000240. The maximum atomic E-state index is 12.9. The number of β-amino-alcohol motifs (C(OH)–C–C–N with tert-alkyl or cyclic N) is 1. The summed E-state index contributed by atoms with van der Waals surface area (Å²) in [6.07, 6.45) is 5.66. The van der Waals surface area contributed by atoms with Gasteiger partial charge in [0.15, 0.2) is 0 Å². The van der Waals surface area contributed by atoms with Gasteiger partial charge in [0.05, 0.1) is 18.3 Å². The number of ether oxygens (including phenoxy) is 1. The molecule has 0 radical (unpaired) electrons. The lowest BCUT2D eigenvalue weighted by molar-refractivity contribution is -0.137. The molecule has 2 aliphatic rings. The molecule has 1 heterocycles. The molecule has 1 aromatic rings. The predicted molar refractivity (Wildman–Crippen MR) is 121 cm³/mol. The van der Waals surface area contributed by atoms with Gasteiger partial charge in [-0.05, 0) is 43.9 Å². The number of nitrogens with zero attached hydrogens (tertiary/aromatic N) is 2. The van der Waals surface area contributed by atoms with Gasteiger partial charge >= 0.3 is 6.18 Å². The van der Waals surface area contributed by atoms with Crippen LogP contribution in [0.15, 0.2) is 24.3 Å². The SMILES string of the molecule is C#CC1(OCC(O)CN2CCN(c3cccc(C(F)(F)F)c3)CC2)CCCCC1.Cl.Cl. The third-order valence-corrected chi connectivity index (χ3v) is 5.86. The fourth-order valence-electron chi connectivity index (χ4n) is 4.13. The first-order valence-corrected chi connectivity index (χ1v) is 10.3. The fourth-order valence-corrected chi connectivity index (χ4v) is 4.13. The van der Waals surface area contributed by atoms with Crippen molar-refractivity contribution in [3.8, 4) is 12.3 Å². The molecule has 1 unspecified atom stereocenters. The first-order chi connectivity index (χ1) is 13.8. The molecule has 0 spiro atoms. The van der Waals surface area contributed by atoms with Gasteiger partial charge in [-0.15, -0.1) is 31.2 Å². The van der Waals surface area contributed by atoms with Crippen LogP contribution < -0.4 is 4.90 Å². The van der Waals surface area contributed by atoms with E-state index in [1.54, 1.807) is 6.07 Å². The molecule has 0 bridgehead atoms. The Bertz CT molecular complexity index is 713. The Kier molecular flexibility index (Phi) is 10.9. The van der Waals surface area contributed by atoms with E-state index in [4.69, 9.17) is 11.2 Å². The van der Waals surface area contributed by atoms with Gasteiger partial charge in [-0.2, -0.15) is 13.2 Å². The fraction of sp³-hybridized carbons (Fsp3) is 0.636. The highest BCUT2D eigenvalue weighted by Crippen LogP contribution is 2.32. The number of alkyl halides is 3. The number of rotatable bonds is 6.